The topological polar surface area (TPSA) is 89.4 Å². The molecule has 0 fully saturated rings. The zero-order valence-corrected chi connectivity index (χ0v) is 12.7. The second-order valence-electron chi connectivity index (χ2n) is 5.06. The highest BCUT2D eigenvalue weighted by atomic mass is 16.2. The maximum atomic E-state index is 12.4. The summed E-state index contributed by atoms with van der Waals surface area (Å²) in [4.78, 5) is 22.5. The number of likely N-dealkylation sites (N-methyl/N-ethyl adjacent to an activating group) is 1. The van der Waals surface area contributed by atoms with Crippen LogP contribution in [0.15, 0.2) is 49.2 Å². The summed E-state index contributed by atoms with van der Waals surface area (Å²) < 4.78 is 1.49. The van der Waals surface area contributed by atoms with Gasteiger partial charge in [-0.1, -0.05) is 12.1 Å². The summed E-state index contributed by atoms with van der Waals surface area (Å²) in [5.74, 6) is 0.648. The maximum Gasteiger partial charge on any atom is 0.254 e. The van der Waals surface area contributed by atoms with Gasteiger partial charge in [-0.3, -0.25) is 9.78 Å². The SMILES string of the molecule is C=CCN(C)C(=O)c1cc(N)n2nc(-c3ccccn3)nc2c1. The molecule has 0 saturated heterocycles. The first-order valence-corrected chi connectivity index (χ1v) is 7.04. The molecule has 1 amide bonds. The predicted octanol–water partition coefficient (Wildman–Crippen LogP) is 1.63. The standard InChI is InChI=1S/C16H16N6O/c1-3-8-21(2)16(23)11-9-13(17)22-14(10-11)19-15(20-22)12-6-4-5-7-18-12/h3-7,9-10H,1,8,17H2,2H3. The summed E-state index contributed by atoms with van der Waals surface area (Å²) in [5, 5.41) is 4.34. The molecule has 3 aromatic rings. The Morgan fingerprint density at radius 1 is 1.43 bits per heavy atom. The van der Waals surface area contributed by atoms with Crippen LogP contribution < -0.4 is 5.73 Å². The third-order valence-corrected chi connectivity index (χ3v) is 3.36. The first-order chi connectivity index (χ1) is 11.1. The lowest BCUT2D eigenvalue weighted by molar-refractivity contribution is 0.0810. The van der Waals surface area contributed by atoms with Crippen molar-refractivity contribution in [2.75, 3.05) is 19.3 Å². The van der Waals surface area contributed by atoms with Gasteiger partial charge in [0.2, 0.25) is 5.82 Å². The third-order valence-electron chi connectivity index (χ3n) is 3.36. The fraction of sp³-hybridized carbons (Fsp3) is 0.125. The van der Waals surface area contributed by atoms with Crippen LogP contribution in [0.4, 0.5) is 5.82 Å². The van der Waals surface area contributed by atoms with Gasteiger partial charge in [0, 0.05) is 25.4 Å². The number of amides is 1. The van der Waals surface area contributed by atoms with E-state index in [0.717, 1.165) is 0 Å². The molecule has 3 rings (SSSR count). The molecule has 3 aromatic heterocycles. The second-order valence-corrected chi connectivity index (χ2v) is 5.06. The van der Waals surface area contributed by atoms with Gasteiger partial charge in [-0.15, -0.1) is 11.7 Å². The van der Waals surface area contributed by atoms with Crippen LogP contribution in [0.1, 0.15) is 10.4 Å². The summed E-state index contributed by atoms with van der Waals surface area (Å²) >= 11 is 0. The van der Waals surface area contributed by atoms with Crippen molar-refractivity contribution in [2.24, 2.45) is 0 Å². The molecular formula is C16H16N6O. The highest BCUT2D eigenvalue weighted by Gasteiger charge is 2.15. The molecule has 0 bridgehead atoms. The van der Waals surface area contributed by atoms with Crippen molar-refractivity contribution in [3.05, 3.63) is 54.7 Å². The van der Waals surface area contributed by atoms with Crippen LogP contribution in [0.5, 0.6) is 0 Å². The number of hydrogen-bond acceptors (Lipinski definition) is 5. The Morgan fingerprint density at radius 2 is 2.26 bits per heavy atom. The minimum absolute atomic E-state index is 0.151. The van der Waals surface area contributed by atoms with E-state index in [4.69, 9.17) is 5.73 Å². The molecule has 116 valence electrons. The molecule has 0 radical (unpaired) electrons. The van der Waals surface area contributed by atoms with Gasteiger partial charge in [0.1, 0.15) is 11.5 Å². The van der Waals surface area contributed by atoms with E-state index < -0.39 is 0 Å². The fourth-order valence-electron chi connectivity index (χ4n) is 2.23. The lowest BCUT2D eigenvalue weighted by atomic mass is 10.2. The molecule has 2 N–H and O–H groups in total. The van der Waals surface area contributed by atoms with Crippen LogP contribution in [0.2, 0.25) is 0 Å². The van der Waals surface area contributed by atoms with Crippen LogP contribution in [0.3, 0.4) is 0 Å². The molecule has 7 heteroatoms. The molecule has 0 aliphatic rings. The number of pyridine rings is 2. The first kappa shape index (κ1) is 14.7. The Morgan fingerprint density at radius 3 is 2.96 bits per heavy atom. The number of aromatic nitrogens is 4. The van der Waals surface area contributed by atoms with E-state index in [9.17, 15) is 4.79 Å². The van der Waals surface area contributed by atoms with Crippen molar-refractivity contribution in [2.45, 2.75) is 0 Å². The molecule has 0 aromatic carbocycles. The Labute approximate surface area is 133 Å². The van der Waals surface area contributed by atoms with Gasteiger partial charge < -0.3 is 10.6 Å². The Kier molecular flexibility index (Phi) is 3.76. The van der Waals surface area contributed by atoms with E-state index >= 15 is 0 Å². The van der Waals surface area contributed by atoms with Gasteiger partial charge in [-0.2, -0.15) is 4.52 Å². The zero-order chi connectivity index (χ0) is 16.4. The minimum atomic E-state index is -0.151. The molecule has 0 unspecified atom stereocenters. The number of hydrogen-bond donors (Lipinski definition) is 1. The number of rotatable bonds is 4. The van der Waals surface area contributed by atoms with E-state index in [-0.39, 0.29) is 5.91 Å². The van der Waals surface area contributed by atoms with Crippen LogP contribution in [0, 0.1) is 0 Å². The average molecular weight is 308 g/mol. The molecule has 0 aliphatic heterocycles. The predicted molar refractivity (Wildman–Crippen MR) is 87.8 cm³/mol. The summed E-state index contributed by atoms with van der Waals surface area (Å²) in [6.45, 7) is 4.08. The van der Waals surface area contributed by atoms with Gasteiger partial charge in [-0.25, -0.2) is 4.98 Å². The quantitative estimate of drug-likeness (QED) is 0.740. The fourth-order valence-corrected chi connectivity index (χ4v) is 2.23. The van der Waals surface area contributed by atoms with Crippen LogP contribution >= 0.6 is 0 Å². The van der Waals surface area contributed by atoms with Gasteiger partial charge in [0.25, 0.3) is 5.91 Å². The van der Waals surface area contributed by atoms with Crippen molar-refractivity contribution in [3.8, 4) is 11.5 Å². The third kappa shape index (κ3) is 2.76. The first-order valence-electron chi connectivity index (χ1n) is 7.04. The largest absolute Gasteiger partial charge is 0.384 e. The highest BCUT2D eigenvalue weighted by Crippen LogP contribution is 2.18. The summed E-state index contributed by atoms with van der Waals surface area (Å²) in [5.41, 5.74) is 7.61. The van der Waals surface area contributed by atoms with E-state index in [1.807, 2.05) is 18.2 Å². The number of carbonyl (C=O) groups excluding carboxylic acids is 1. The number of nitrogen functional groups attached to an aromatic ring is 1. The number of carbonyl (C=O) groups is 1. The molecule has 0 spiro atoms. The lowest BCUT2D eigenvalue weighted by Gasteiger charge is -2.15. The van der Waals surface area contributed by atoms with E-state index in [2.05, 4.69) is 21.6 Å². The second kappa shape index (κ2) is 5.88. The summed E-state index contributed by atoms with van der Waals surface area (Å²) in [6, 6.07) is 8.74. The lowest BCUT2D eigenvalue weighted by Crippen LogP contribution is -2.27. The van der Waals surface area contributed by atoms with Crippen LogP contribution in [-0.4, -0.2) is 44.0 Å². The molecule has 0 aliphatic carbocycles. The van der Waals surface area contributed by atoms with Gasteiger partial charge >= 0.3 is 0 Å². The maximum absolute atomic E-state index is 12.4. The normalized spacial score (nSPS) is 10.7. The van der Waals surface area contributed by atoms with Crippen LogP contribution in [0.25, 0.3) is 17.2 Å². The van der Waals surface area contributed by atoms with Gasteiger partial charge in [0.05, 0.1) is 0 Å². The molecule has 3 heterocycles. The minimum Gasteiger partial charge on any atom is -0.384 e. The summed E-state index contributed by atoms with van der Waals surface area (Å²) in [7, 11) is 1.70. The highest BCUT2D eigenvalue weighted by molar-refractivity contribution is 5.95. The Bertz CT molecular complexity index is 871. The van der Waals surface area contributed by atoms with Crippen molar-refractivity contribution in [1.29, 1.82) is 0 Å². The number of anilines is 1. The van der Waals surface area contributed by atoms with Crippen molar-refractivity contribution in [3.63, 3.8) is 0 Å². The molecular weight excluding hydrogens is 292 g/mol. The molecule has 7 nitrogen and oxygen atoms in total. The van der Waals surface area contributed by atoms with Crippen molar-refractivity contribution >= 4 is 17.4 Å². The van der Waals surface area contributed by atoms with E-state index in [1.54, 1.807) is 36.4 Å². The van der Waals surface area contributed by atoms with Crippen molar-refractivity contribution in [1.82, 2.24) is 24.5 Å². The number of fused-ring (bicyclic) bond motifs is 1. The average Bonchev–Trinajstić information content (AvgIpc) is 3.00. The monoisotopic (exact) mass is 308 g/mol. The zero-order valence-electron chi connectivity index (χ0n) is 12.7. The Balaban J connectivity index is 2.05. The number of nitrogens with two attached hydrogens (primary N) is 1. The molecule has 23 heavy (non-hydrogen) atoms. The Hall–Kier alpha value is -3.22. The molecule has 0 saturated carbocycles. The van der Waals surface area contributed by atoms with E-state index in [0.29, 0.717) is 35.1 Å². The van der Waals surface area contributed by atoms with Crippen molar-refractivity contribution < 1.29 is 4.79 Å². The van der Waals surface area contributed by atoms with Gasteiger partial charge in [0.15, 0.2) is 5.65 Å². The number of nitrogens with zero attached hydrogens (tertiary/aromatic N) is 5. The van der Waals surface area contributed by atoms with Crippen LogP contribution in [-0.2, 0) is 0 Å². The van der Waals surface area contributed by atoms with Gasteiger partial charge in [-0.05, 0) is 24.3 Å². The van der Waals surface area contributed by atoms with E-state index in [1.165, 1.54) is 4.52 Å². The molecule has 0 atom stereocenters. The smallest absolute Gasteiger partial charge is 0.254 e. The summed E-state index contributed by atoms with van der Waals surface area (Å²) in [6.07, 6.45) is 3.33.